The van der Waals surface area contributed by atoms with E-state index in [0.717, 1.165) is 18.4 Å². The lowest BCUT2D eigenvalue weighted by molar-refractivity contribution is 0.302. The molecule has 126 valence electrons. The second-order valence-electron chi connectivity index (χ2n) is 6.46. The summed E-state index contributed by atoms with van der Waals surface area (Å²) in [6, 6.07) is 5.11. The monoisotopic (exact) mass is 324 g/mol. The molecule has 0 aromatic carbocycles. The number of guanidine groups is 1. The Morgan fingerprint density at radius 1 is 1.27 bits per heavy atom. The Morgan fingerprint density at radius 3 is 2.50 bits per heavy atom. The Morgan fingerprint density at radius 2 is 2.00 bits per heavy atom. The molecule has 1 rings (SSSR count). The number of hydrogen-bond acceptors (Lipinski definition) is 3. The van der Waals surface area contributed by atoms with Crippen LogP contribution in [0.2, 0.25) is 0 Å². The normalized spacial score (nSPS) is 15.2. The molecule has 0 saturated heterocycles. The van der Waals surface area contributed by atoms with Gasteiger partial charge in [0.15, 0.2) is 5.96 Å². The van der Waals surface area contributed by atoms with E-state index < -0.39 is 0 Å². The molecular weight excluding hydrogens is 292 g/mol. The molecule has 0 aliphatic rings. The minimum atomic E-state index is 0.365. The Labute approximate surface area is 140 Å². The number of hydrogen-bond donors (Lipinski definition) is 2. The molecule has 0 spiro atoms. The molecule has 0 aliphatic heterocycles. The fraction of sp³-hybridized carbons (Fsp3) is 0.706. The zero-order valence-corrected chi connectivity index (χ0v) is 15.7. The number of nitrogens with one attached hydrogen (secondary N) is 2. The van der Waals surface area contributed by atoms with Crippen molar-refractivity contribution in [3.05, 3.63) is 22.4 Å². The van der Waals surface area contributed by atoms with Crippen LogP contribution in [0.15, 0.2) is 22.5 Å². The summed E-state index contributed by atoms with van der Waals surface area (Å²) in [5, 5.41) is 9.08. The van der Waals surface area contributed by atoms with Crippen LogP contribution in [0.1, 0.15) is 44.5 Å². The van der Waals surface area contributed by atoms with E-state index in [9.17, 15) is 0 Å². The predicted octanol–water partition coefficient (Wildman–Crippen LogP) is 3.34. The van der Waals surface area contributed by atoms with E-state index in [1.54, 1.807) is 11.3 Å². The van der Waals surface area contributed by atoms with Gasteiger partial charge in [-0.2, -0.15) is 0 Å². The minimum absolute atomic E-state index is 0.365. The van der Waals surface area contributed by atoms with E-state index in [1.165, 1.54) is 17.7 Å². The number of thiophene rings is 1. The van der Waals surface area contributed by atoms with Crippen molar-refractivity contribution in [2.75, 3.05) is 27.7 Å². The highest BCUT2D eigenvalue weighted by molar-refractivity contribution is 7.10. The highest BCUT2D eigenvalue weighted by Crippen LogP contribution is 2.22. The lowest BCUT2D eigenvalue weighted by Crippen LogP contribution is -2.45. The van der Waals surface area contributed by atoms with Gasteiger partial charge in [0.2, 0.25) is 0 Å². The van der Waals surface area contributed by atoms with Crippen LogP contribution in [-0.4, -0.2) is 44.6 Å². The van der Waals surface area contributed by atoms with Crippen LogP contribution in [0, 0.1) is 5.92 Å². The summed E-state index contributed by atoms with van der Waals surface area (Å²) in [5.41, 5.74) is 0. The van der Waals surface area contributed by atoms with E-state index >= 15 is 0 Å². The summed E-state index contributed by atoms with van der Waals surface area (Å²) in [7, 11) is 6.07. The molecule has 2 N–H and O–H groups in total. The van der Waals surface area contributed by atoms with Gasteiger partial charge >= 0.3 is 0 Å². The van der Waals surface area contributed by atoms with Crippen molar-refractivity contribution in [1.82, 2.24) is 15.5 Å². The average molecular weight is 325 g/mol. The third-order valence-electron chi connectivity index (χ3n) is 3.74. The van der Waals surface area contributed by atoms with Gasteiger partial charge in [0, 0.05) is 24.5 Å². The van der Waals surface area contributed by atoms with Gasteiger partial charge < -0.3 is 15.5 Å². The van der Waals surface area contributed by atoms with E-state index in [0.29, 0.717) is 12.1 Å². The van der Waals surface area contributed by atoms with Gasteiger partial charge in [-0.1, -0.05) is 19.9 Å². The predicted molar refractivity (Wildman–Crippen MR) is 98.8 cm³/mol. The Kier molecular flexibility index (Phi) is 8.49. The van der Waals surface area contributed by atoms with Gasteiger partial charge in [-0.3, -0.25) is 4.99 Å². The molecule has 2 unspecified atom stereocenters. The molecule has 1 heterocycles. The quantitative estimate of drug-likeness (QED) is 0.569. The van der Waals surface area contributed by atoms with Crippen LogP contribution in [0.3, 0.4) is 0 Å². The molecule has 0 bridgehead atoms. The topological polar surface area (TPSA) is 39.7 Å². The number of likely N-dealkylation sites (N-methyl/N-ethyl adjacent to an activating group) is 1. The Bertz CT molecular complexity index is 426. The third kappa shape index (κ3) is 6.79. The fourth-order valence-corrected chi connectivity index (χ4v) is 3.22. The smallest absolute Gasteiger partial charge is 0.191 e. The summed E-state index contributed by atoms with van der Waals surface area (Å²) < 4.78 is 0. The molecule has 4 nitrogen and oxygen atoms in total. The van der Waals surface area contributed by atoms with E-state index in [-0.39, 0.29) is 0 Å². The van der Waals surface area contributed by atoms with Gasteiger partial charge in [-0.15, -0.1) is 11.3 Å². The van der Waals surface area contributed by atoms with Gasteiger partial charge in [0.25, 0.3) is 0 Å². The van der Waals surface area contributed by atoms with Crippen LogP contribution < -0.4 is 10.6 Å². The first kappa shape index (κ1) is 19.0. The second-order valence-corrected chi connectivity index (χ2v) is 7.44. The number of aliphatic imine (C=N–C) groups is 1. The molecule has 1 aromatic heterocycles. The average Bonchev–Trinajstić information content (AvgIpc) is 2.97. The van der Waals surface area contributed by atoms with Crippen molar-refractivity contribution >= 4 is 17.3 Å². The van der Waals surface area contributed by atoms with Crippen molar-refractivity contribution in [1.29, 1.82) is 0 Å². The van der Waals surface area contributed by atoms with Crippen molar-refractivity contribution < 1.29 is 0 Å². The zero-order chi connectivity index (χ0) is 16.5. The Hall–Kier alpha value is -1.07. The van der Waals surface area contributed by atoms with E-state index in [1.807, 2.05) is 7.05 Å². The molecule has 1 aromatic rings. The second kappa shape index (κ2) is 9.85. The maximum atomic E-state index is 4.35. The lowest BCUT2D eigenvalue weighted by atomic mass is 10.0. The first-order valence-electron chi connectivity index (χ1n) is 8.11. The molecule has 22 heavy (non-hydrogen) atoms. The highest BCUT2D eigenvalue weighted by atomic mass is 32.1. The summed E-state index contributed by atoms with van der Waals surface area (Å²) in [6.07, 6.45) is 2.40. The summed E-state index contributed by atoms with van der Waals surface area (Å²) in [4.78, 5) is 7.97. The lowest BCUT2D eigenvalue weighted by Gasteiger charge is -2.25. The standard InChI is InChI=1S/C17H32N4S/c1-13(2)9-10-14(3)20-17(18-4)19-12-15(21(5)6)16-8-7-11-22-16/h7-8,11,13-15H,9-10,12H2,1-6H3,(H2,18,19,20). The molecule has 2 atom stereocenters. The fourth-order valence-electron chi connectivity index (χ4n) is 2.30. The minimum Gasteiger partial charge on any atom is -0.354 e. The molecule has 0 saturated carbocycles. The van der Waals surface area contributed by atoms with E-state index in [2.05, 4.69) is 72.9 Å². The van der Waals surface area contributed by atoms with Gasteiger partial charge in [0.05, 0.1) is 6.04 Å². The van der Waals surface area contributed by atoms with Crippen LogP contribution in [0.5, 0.6) is 0 Å². The van der Waals surface area contributed by atoms with Crippen LogP contribution in [0.4, 0.5) is 0 Å². The number of rotatable bonds is 8. The number of nitrogens with zero attached hydrogens (tertiary/aromatic N) is 2. The van der Waals surface area contributed by atoms with Crippen molar-refractivity contribution in [2.45, 2.75) is 45.7 Å². The molecule has 0 fully saturated rings. The van der Waals surface area contributed by atoms with Gasteiger partial charge in [0.1, 0.15) is 0 Å². The summed E-state index contributed by atoms with van der Waals surface area (Å²) in [5.74, 6) is 1.64. The molecular formula is C17H32N4S. The largest absolute Gasteiger partial charge is 0.354 e. The van der Waals surface area contributed by atoms with Gasteiger partial charge in [-0.25, -0.2) is 0 Å². The SMILES string of the molecule is CN=C(NCC(c1cccs1)N(C)C)NC(C)CCC(C)C. The van der Waals surface area contributed by atoms with Crippen molar-refractivity contribution in [3.63, 3.8) is 0 Å². The highest BCUT2D eigenvalue weighted by Gasteiger charge is 2.16. The van der Waals surface area contributed by atoms with Crippen LogP contribution in [0.25, 0.3) is 0 Å². The van der Waals surface area contributed by atoms with E-state index in [4.69, 9.17) is 0 Å². The molecule has 0 amide bonds. The maximum absolute atomic E-state index is 4.35. The molecule has 0 radical (unpaired) electrons. The van der Waals surface area contributed by atoms with Gasteiger partial charge in [-0.05, 0) is 51.2 Å². The first-order valence-corrected chi connectivity index (χ1v) is 8.99. The first-order chi connectivity index (χ1) is 10.4. The summed E-state index contributed by atoms with van der Waals surface area (Å²) >= 11 is 1.80. The third-order valence-corrected chi connectivity index (χ3v) is 4.72. The maximum Gasteiger partial charge on any atom is 0.191 e. The van der Waals surface area contributed by atoms with Crippen LogP contribution >= 0.6 is 11.3 Å². The zero-order valence-electron chi connectivity index (χ0n) is 14.9. The van der Waals surface area contributed by atoms with Crippen LogP contribution in [-0.2, 0) is 0 Å². The Balaban J connectivity index is 2.48. The molecule has 5 heteroatoms. The van der Waals surface area contributed by atoms with Crippen molar-refractivity contribution in [2.24, 2.45) is 10.9 Å². The molecule has 0 aliphatic carbocycles. The summed E-state index contributed by atoms with van der Waals surface area (Å²) in [6.45, 7) is 7.60. The van der Waals surface area contributed by atoms with Crippen molar-refractivity contribution in [3.8, 4) is 0 Å².